The fourth-order valence-electron chi connectivity index (χ4n) is 3.45. The highest BCUT2D eigenvalue weighted by atomic mass is 16.5. The zero-order valence-electron chi connectivity index (χ0n) is 13.3. The molecule has 2 nitrogen and oxygen atoms in total. The average molecular weight is 267 g/mol. The summed E-state index contributed by atoms with van der Waals surface area (Å²) < 4.78 is 5.89. The molecule has 0 N–H and O–H groups in total. The van der Waals surface area contributed by atoms with Gasteiger partial charge in [0.2, 0.25) is 0 Å². The maximum atomic E-state index is 5.89. The van der Waals surface area contributed by atoms with Crippen LogP contribution in [0.15, 0.2) is 0 Å². The van der Waals surface area contributed by atoms with Gasteiger partial charge in [-0.1, -0.05) is 19.8 Å². The van der Waals surface area contributed by atoms with Crippen molar-refractivity contribution in [2.45, 2.75) is 71.8 Å². The third-order valence-corrected chi connectivity index (χ3v) is 4.79. The standard InChI is InChI=1S/C17H33NO/c1-4-7-16-8-5-6-11-18(12-16)13-17(9-10-17)14-19-15(2)3/h15-16H,4-14H2,1-3H3. The fraction of sp³-hybridized carbons (Fsp3) is 1.00. The lowest BCUT2D eigenvalue weighted by molar-refractivity contribution is 0.0298. The molecule has 0 bridgehead atoms. The van der Waals surface area contributed by atoms with E-state index in [1.165, 1.54) is 64.6 Å². The van der Waals surface area contributed by atoms with Crippen LogP contribution < -0.4 is 0 Å². The van der Waals surface area contributed by atoms with Gasteiger partial charge in [0, 0.05) is 18.5 Å². The minimum absolute atomic E-state index is 0.384. The molecule has 2 fully saturated rings. The lowest BCUT2D eigenvalue weighted by Crippen LogP contribution is -2.36. The number of hydrogen-bond donors (Lipinski definition) is 0. The van der Waals surface area contributed by atoms with Crippen molar-refractivity contribution in [3.63, 3.8) is 0 Å². The van der Waals surface area contributed by atoms with E-state index in [9.17, 15) is 0 Å². The molecule has 0 amide bonds. The summed E-state index contributed by atoms with van der Waals surface area (Å²) in [5.41, 5.74) is 0.519. The van der Waals surface area contributed by atoms with Crippen LogP contribution in [0.4, 0.5) is 0 Å². The number of likely N-dealkylation sites (tertiary alicyclic amines) is 1. The third kappa shape index (κ3) is 5.07. The normalized spacial score (nSPS) is 27.5. The molecule has 1 heterocycles. The highest BCUT2D eigenvalue weighted by molar-refractivity contribution is 4.96. The van der Waals surface area contributed by atoms with Gasteiger partial charge in [-0.3, -0.25) is 0 Å². The average Bonchev–Trinajstić information content (AvgIpc) is 3.14. The molecule has 0 aromatic heterocycles. The molecular weight excluding hydrogens is 234 g/mol. The van der Waals surface area contributed by atoms with Gasteiger partial charge in [-0.2, -0.15) is 0 Å². The Bertz CT molecular complexity index is 260. The number of rotatable bonds is 7. The first-order valence-electron chi connectivity index (χ1n) is 8.47. The zero-order chi connectivity index (χ0) is 13.7. The molecule has 0 radical (unpaired) electrons. The van der Waals surface area contributed by atoms with E-state index in [1.54, 1.807) is 0 Å². The van der Waals surface area contributed by atoms with E-state index in [0.717, 1.165) is 12.5 Å². The quantitative estimate of drug-likeness (QED) is 0.689. The SMILES string of the molecule is CCCC1CCCCN(CC2(COC(C)C)CC2)C1. The fourth-order valence-corrected chi connectivity index (χ4v) is 3.45. The van der Waals surface area contributed by atoms with Gasteiger partial charge in [-0.05, 0) is 58.4 Å². The van der Waals surface area contributed by atoms with E-state index >= 15 is 0 Å². The summed E-state index contributed by atoms with van der Waals surface area (Å²) in [5.74, 6) is 0.953. The van der Waals surface area contributed by atoms with Crippen molar-refractivity contribution < 1.29 is 4.74 Å². The summed E-state index contributed by atoms with van der Waals surface area (Å²) in [4.78, 5) is 2.75. The van der Waals surface area contributed by atoms with E-state index < -0.39 is 0 Å². The van der Waals surface area contributed by atoms with Gasteiger partial charge < -0.3 is 9.64 Å². The Morgan fingerprint density at radius 1 is 1.26 bits per heavy atom. The van der Waals surface area contributed by atoms with E-state index in [2.05, 4.69) is 25.7 Å². The van der Waals surface area contributed by atoms with Crippen LogP contribution in [0.1, 0.15) is 65.7 Å². The first kappa shape index (κ1) is 15.3. The van der Waals surface area contributed by atoms with E-state index in [1.807, 2.05) is 0 Å². The molecule has 1 atom stereocenters. The van der Waals surface area contributed by atoms with Crippen LogP contribution in [-0.2, 0) is 4.74 Å². The minimum atomic E-state index is 0.384. The summed E-state index contributed by atoms with van der Waals surface area (Å²) in [7, 11) is 0. The lowest BCUT2D eigenvalue weighted by Gasteiger charge is -2.29. The van der Waals surface area contributed by atoms with Crippen LogP contribution in [0.2, 0.25) is 0 Å². The van der Waals surface area contributed by atoms with Crippen molar-refractivity contribution in [1.29, 1.82) is 0 Å². The lowest BCUT2D eigenvalue weighted by atomic mass is 9.98. The monoisotopic (exact) mass is 267 g/mol. The maximum absolute atomic E-state index is 5.89. The van der Waals surface area contributed by atoms with Gasteiger partial charge in [0.25, 0.3) is 0 Å². The molecular formula is C17H33NO. The molecule has 0 spiro atoms. The Hall–Kier alpha value is -0.0800. The number of hydrogen-bond acceptors (Lipinski definition) is 2. The molecule has 1 saturated heterocycles. The molecule has 1 saturated carbocycles. The van der Waals surface area contributed by atoms with Crippen molar-refractivity contribution in [2.24, 2.45) is 11.3 Å². The van der Waals surface area contributed by atoms with Crippen LogP contribution in [0.25, 0.3) is 0 Å². The molecule has 1 aliphatic heterocycles. The van der Waals surface area contributed by atoms with Crippen molar-refractivity contribution in [2.75, 3.05) is 26.2 Å². The van der Waals surface area contributed by atoms with Crippen LogP contribution in [0.3, 0.4) is 0 Å². The number of ether oxygens (including phenoxy) is 1. The van der Waals surface area contributed by atoms with Gasteiger partial charge in [0.1, 0.15) is 0 Å². The Labute approximate surface area is 119 Å². The summed E-state index contributed by atoms with van der Waals surface area (Å²) in [5, 5.41) is 0. The molecule has 2 rings (SSSR count). The molecule has 2 aliphatic rings. The molecule has 19 heavy (non-hydrogen) atoms. The van der Waals surface area contributed by atoms with Crippen molar-refractivity contribution in [1.82, 2.24) is 4.90 Å². The predicted octanol–water partition coefficient (Wildman–Crippen LogP) is 4.09. The smallest absolute Gasteiger partial charge is 0.0538 e. The first-order valence-corrected chi connectivity index (χ1v) is 8.47. The van der Waals surface area contributed by atoms with Gasteiger partial charge in [0.15, 0.2) is 0 Å². The predicted molar refractivity (Wildman–Crippen MR) is 81.4 cm³/mol. The van der Waals surface area contributed by atoms with Gasteiger partial charge >= 0.3 is 0 Å². The summed E-state index contributed by atoms with van der Waals surface area (Å²) in [6.45, 7) is 11.6. The Kier molecular flexibility index (Phi) is 5.70. The van der Waals surface area contributed by atoms with Crippen LogP contribution in [-0.4, -0.2) is 37.2 Å². The molecule has 2 heteroatoms. The number of nitrogens with zero attached hydrogens (tertiary/aromatic N) is 1. The maximum Gasteiger partial charge on any atom is 0.0538 e. The molecule has 112 valence electrons. The minimum Gasteiger partial charge on any atom is -0.378 e. The van der Waals surface area contributed by atoms with E-state index in [-0.39, 0.29) is 0 Å². The second-order valence-electron chi connectivity index (χ2n) is 7.25. The topological polar surface area (TPSA) is 12.5 Å². The Morgan fingerprint density at radius 2 is 2.05 bits per heavy atom. The summed E-state index contributed by atoms with van der Waals surface area (Å²) in [6, 6.07) is 0. The Morgan fingerprint density at radius 3 is 2.68 bits per heavy atom. The summed E-state index contributed by atoms with van der Waals surface area (Å²) >= 11 is 0. The molecule has 0 aromatic carbocycles. The summed E-state index contributed by atoms with van der Waals surface area (Å²) in [6.07, 6.45) is 10.2. The third-order valence-electron chi connectivity index (χ3n) is 4.79. The van der Waals surface area contributed by atoms with Gasteiger partial charge in [0.05, 0.1) is 12.7 Å². The van der Waals surface area contributed by atoms with Crippen LogP contribution in [0.5, 0.6) is 0 Å². The van der Waals surface area contributed by atoms with E-state index in [4.69, 9.17) is 4.74 Å². The molecule has 1 unspecified atom stereocenters. The first-order chi connectivity index (χ1) is 9.13. The van der Waals surface area contributed by atoms with Crippen LogP contribution in [0, 0.1) is 11.3 Å². The zero-order valence-corrected chi connectivity index (χ0v) is 13.3. The molecule has 0 aromatic rings. The van der Waals surface area contributed by atoms with Crippen molar-refractivity contribution >= 4 is 0 Å². The van der Waals surface area contributed by atoms with E-state index in [0.29, 0.717) is 11.5 Å². The Balaban J connectivity index is 1.80. The van der Waals surface area contributed by atoms with Gasteiger partial charge in [-0.15, -0.1) is 0 Å². The largest absolute Gasteiger partial charge is 0.378 e. The second-order valence-corrected chi connectivity index (χ2v) is 7.25. The van der Waals surface area contributed by atoms with Crippen molar-refractivity contribution in [3.05, 3.63) is 0 Å². The highest BCUT2D eigenvalue weighted by Crippen LogP contribution is 2.47. The second kappa shape index (κ2) is 7.08. The molecule has 1 aliphatic carbocycles. The highest BCUT2D eigenvalue weighted by Gasteiger charge is 2.44. The van der Waals surface area contributed by atoms with Crippen molar-refractivity contribution in [3.8, 4) is 0 Å². The van der Waals surface area contributed by atoms with Gasteiger partial charge in [-0.25, -0.2) is 0 Å². The van der Waals surface area contributed by atoms with Crippen LogP contribution >= 0.6 is 0 Å².